The SMILES string of the molecule is CC(C)(C)[N-][Si](C)(C)C.CC(C)(C)[N-][Si](C)(C)C.CCC[NH-].[Co+3]. The van der Waals surface area contributed by atoms with Crippen LogP contribution < -0.4 is 0 Å². The zero-order valence-electron chi connectivity index (χ0n) is 18.1. The average Bonchev–Trinajstić information content (AvgIpc) is 2.06. The topological polar surface area (TPSA) is 52.0 Å². The fourth-order valence-corrected chi connectivity index (χ4v) is 6.04. The van der Waals surface area contributed by atoms with Gasteiger partial charge in [-0.1, -0.05) is 111 Å². The molecular weight excluding hydrogens is 361 g/mol. The van der Waals surface area contributed by atoms with Crippen LogP contribution in [0.5, 0.6) is 0 Å². The number of hydrogen-bond acceptors (Lipinski definition) is 0. The Morgan fingerprint density at radius 2 is 0.870 bits per heavy atom. The molecule has 0 rings (SSSR count). The van der Waals surface area contributed by atoms with Crippen LogP contribution in [0.1, 0.15) is 54.9 Å². The maximum atomic E-state index is 6.45. The summed E-state index contributed by atoms with van der Waals surface area (Å²) in [4.78, 5) is 9.36. The van der Waals surface area contributed by atoms with Crippen molar-refractivity contribution in [2.24, 2.45) is 0 Å². The first kappa shape index (κ1) is 31.6. The van der Waals surface area contributed by atoms with E-state index in [1.807, 2.05) is 6.92 Å². The van der Waals surface area contributed by atoms with Crippen molar-refractivity contribution in [3.05, 3.63) is 15.7 Å². The summed E-state index contributed by atoms with van der Waals surface area (Å²) in [5.41, 5.74) is 6.79. The molecule has 0 bridgehead atoms. The van der Waals surface area contributed by atoms with Crippen LogP contribution in [0.3, 0.4) is 0 Å². The fraction of sp³-hybridized carbons (Fsp3) is 1.00. The van der Waals surface area contributed by atoms with E-state index in [1.54, 1.807) is 0 Å². The molecule has 0 aliphatic rings. The molecule has 0 heterocycles. The van der Waals surface area contributed by atoms with Gasteiger partial charge in [-0.25, -0.2) is 0 Å². The van der Waals surface area contributed by atoms with E-state index in [1.165, 1.54) is 0 Å². The zero-order valence-corrected chi connectivity index (χ0v) is 21.2. The van der Waals surface area contributed by atoms with Gasteiger partial charge in [0.25, 0.3) is 0 Å². The summed E-state index contributed by atoms with van der Waals surface area (Å²) in [5.74, 6) is 0. The molecule has 0 aliphatic carbocycles. The van der Waals surface area contributed by atoms with Gasteiger partial charge in [0.15, 0.2) is 0 Å². The summed E-state index contributed by atoms with van der Waals surface area (Å²) >= 11 is 0. The standard InChI is InChI=1S/2C7H18NSi.C3H8N.Co/c2*1-7(2,3)8-9(4,5)6;1-2-3-4;/h2*1-6H3;4H,2-3H2,1H3;/q3*-1;+3. The van der Waals surface area contributed by atoms with Gasteiger partial charge in [-0.05, 0) is 0 Å². The van der Waals surface area contributed by atoms with Crippen molar-refractivity contribution in [2.45, 2.75) is 105 Å². The maximum Gasteiger partial charge on any atom is 3.00 e. The Morgan fingerprint density at radius 1 is 0.696 bits per heavy atom. The van der Waals surface area contributed by atoms with Crippen molar-refractivity contribution in [1.82, 2.24) is 0 Å². The molecule has 1 N–H and O–H groups in total. The molecule has 0 amide bonds. The van der Waals surface area contributed by atoms with Gasteiger partial charge in [-0.2, -0.15) is 6.54 Å². The van der Waals surface area contributed by atoms with Crippen LogP contribution in [0.4, 0.5) is 0 Å². The van der Waals surface area contributed by atoms with Crippen LogP contribution in [0.25, 0.3) is 15.7 Å². The van der Waals surface area contributed by atoms with E-state index in [4.69, 9.17) is 5.73 Å². The van der Waals surface area contributed by atoms with E-state index in [-0.39, 0.29) is 27.9 Å². The summed E-state index contributed by atoms with van der Waals surface area (Å²) in [6, 6.07) is 0. The second kappa shape index (κ2) is 13.1. The van der Waals surface area contributed by atoms with Gasteiger partial charge in [0.05, 0.1) is 0 Å². The van der Waals surface area contributed by atoms with Crippen LogP contribution >= 0.6 is 0 Å². The fourth-order valence-electron chi connectivity index (χ4n) is 2.01. The molecule has 0 aliphatic heterocycles. The molecule has 3 nitrogen and oxygen atoms in total. The Labute approximate surface area is 160 Å². The van der Waals surface area contributed by atoms with Crippen LogP contribution in [-0.4, -0.2) is 34.1 Å². The van der Waals surface area contributed by atoms with Crippen LogP contribution in [0, 0.1) is 0 Å². The average molecular weight is 406 g/mol. The van der Waals surface area contributed by atoms with Crippen molar-refractivity contribution >= 4 is 16.5 Å². The second-order valence-corrected chi connectivity index (χ2v) is 18.8. The molecule has 0 aromatic carbocycles. The van der Waals surface area contributed by atoms with Gasteiger partial charge in [0.2, 0.25) is 0 Å². The summed E-state index contributed by atoms with van der Waals surface area (Å²) < 4.78 is 0. The Hall–Kier alpha value is 0.820. The first-order chi connectivity index (χ1) is 9.33. The molecule has 0 radical (unpaired) electrons. The van der Waals surface area contributed by atoms with Gasteiger partial charge in [0.1, 0.15) is 0 Å². The molecule has 0 saturated carbocycles. The van der Waals surface area contributed by atoms with Gasteiger partial charge in [0, 0.05) is 0 Å². The molecule has 0 aromatic rings. The number of nitrogens with one attached hydrogen (secondary N) is 1. The van der Waals surface area contributed by atoms with Crippen LogP contribution in [0.2, 0.25) is 39.3 Å². The van der Waals surface area contributed by atoms with Crippen molar-refractivity contribution in [2.75, 3.05) is 6.54 Å². The molecule has 0 atom stereocenters. The van der Waals surface area contributed by atoms with Gasteiger partial charge >= 0.3 is 16.8 Å². The summed E-state index contributed by atoms with van der Waals surface area (Å²) in [6.45, 7) is 29.1. The van der Waals surface area contributed by atoms with E-state index in [0.717, 1.165) is 6.42 Å². The van der Waals surface area contributed by atoms with Gasteiger partial charge in [-0.15, -0.1) is 11.1 Å². The second-order valence-electron chi connectivity index (χ2n) is 9.66. The molecule has 0 unspecified atom stereocenters. The van der Waals surface area contributed by atoms with Crippen molar-refractivity contribution < 1.29 is 16.8 Å². The predicted molar refractivity (Wildman–Crippen MR) is 112 cm³/mol. The molecule has 0 fully saturated rings. The Morgan fingerprint density at radius 3 is 0.870 bits per heavy atom. The third-order valence-corrected chi connectivity index (χ3v) is 4.27. The van der Waals surface area contributed by atoms with E-state index in [2.05, 4.69) is 90.8 Å². The Balaban J connectivity index is -0.000000124. The van der Waals surface area contributed by atoms with E-state index in [0.29, 0.717) is 6.54 Å². The number of rotatable bonds is 3. The molecule has 0 spiro atoms. The number of nitrogens with zero attached hydrogens (tertiary/aromatic N) is 2. The first-order valence-electron chi connectivity index (χ1n) is 8.46. The quantitative estimate of drug-likeness (QED) is 0.438. The van der Waals surface area contributed by atoms with Crippen molar-refractivity contribution in [3.63, 3.8) is 0 Å². The van der Waals surface area contributed by atoms with Crippen LogP contribution in [0.15, 0.2) is 0 Å². The van der Waals surface area contributed by atoms with Crippen molar-refractivity contribution in [3.8, 4) is 0 Å². The Kier molecular flexibility index (Phi) is 18.0. The third kappa shape index (κ3) is 51.8. The van der Waals surface area contributed by atoms with Gasteiger partial charge < -0.3 is 15.7 Å². The van der Waals surface area contributed by atoms with E-state index < -0.39 is 16.5 Å². The molecule has 23 heavy (non-hydrogen) atoms. The smallest absolute Gasteiger partial charge is 0.677 e. The van der Waals surface area contributed by atoms with E-state index in [9.17, 15) is 0 Å². The van der Waals surface area contributed by atoms with Crippen LogP contribution in [-0.2, 0) is 16.8 Å². The summed E-state index contributed by atoms with van der Waals surface area (Å²) in [5, 5.41) is 0. The summed E-state index contributed by atoms with van der Waals surface area (Å²) in [7, 11) is -2.34. The zero-order chi connectivity index (χ0) is 18.8. The maximum absolute atomic E-state index is 6.45. The monoisotopic (exact) mass is 405 g/mol. The minimum absolute atomic E-state index is 0. The van der Waals surface area contributed by atoms with Crippen molar-refractivity contribution in [1.29, 1.82) is 0 Å². The normalized spacial score (nSPS) is 12.3. The minimum atomic E-state index is -1.17. The minimum Gasteiger partial charge on any atom is -0.677 e. The molecular formula is C17H44CoN3Si2. The van der Waals surface area contributed by atoms with E-state index >= 15 is 0 Å². The molecule has 0 aromatic heterocycles. The van der Waals surface area contributed by atoms with Gasteiger partial charge in [-0.3, -0.25) is 0 Å². The Bertz CT molecular complexity index is 207. The third-order valence-electron chi connectivity index (χ3n) is 1.59. The first-order valence-corrected chi connectivity index (χ1v) is 15.3. The number of hydrogen-bond donors (Lipinski definition) is 0. The molecule has 144 valence electrons. The predicted octanol–water partition coefficient (Wildman–Crippen LogP) is 7.43. The summed E-state index contributed by atoms with van der Waals surface area (Å²) in [6.07, 6.45) is 0.986. The molecule has 6 heteroatoms. The largest absolute Gasteiger partial charge is 3.00 e. The molecule has 0 saturated heterocycles.